The SMILES string of the molecule is COc1ccccc1Nc1cnnc(N(C)Cc2ccccc2)n1. The first-order valence-electron chi connectivity index (χ1n) is 7.61. The summed E-state index contributed by atoms with van der Waals surface area (Å²) >= 11 is 0. The Bertz CT molecular complexity index is 794. The van der Waals surface area contributed by atoms with Crippen molar-refractivity contribution in [3.63, 3.8) is 0 Å². The van der Waals surface area contributed by atoms with E-state index in [9.17, 15) is 0 Å². The molecule has 0 radical (unpaired) electrons. The zero-order chi connectivity index (χ0) is 16.8. The number of ether oxygens (including phenoxy) is 1. The first-order chi connectivity index (χ1) is 11.8. The van der Waals surface area contributed by atoms with E-state index in [1.54, 1.807) is 13.3 Å². The Labute approximate surface area is 141 Å². The number of nitrogens with zero attached hydrogens (tertiary/aromatic N) is 4. The van der Waals surface area contributed by atoms with E-state index in [0.717, 1.165) is 11.4 Å². The highest BCUT2D eigenvalue weighted by molar-refractivity contribution is 5.63. The zero-order valence-electron chi connectivity index (χ0n) is 13.7. The van der Waals surface area contributed by atoms with Gasteiger partial charge < -0.3 is 15.0 Å². The molecule has 122 valence electrons. The second-order valence-electron chi connectivity index (χ2n) is 5.31. The van der Waals surface area contributed by atoms with Crippen molar-refractivity contribution in [3.05, 3.63) is 66.4 Å². The van der Waals surface area contributed by atoms with Crippen LogP contribution in [-0.4, -0.2) is 29.3 Å². The minimum absolute atomic E-state index is 0.554. The predicted molar refractivity (Wildman–Crippen MR) is 94.7 cm³/mol. The van der Waals surface area contributed by atoms with Gasteiger partial charge in [-0.1, -0.05) is 42.5 Å². The number of methoxy groups -OCH3 is 1. The second kappa shape index (κ2) is 7.41. The fourth-order valence-corrected chi connectivity index (χ4v) is 2.33. The number of aromatic nitrogens is 3. The lowest BCUT2D eigenvalue weighted by Gasteiger charge is -2.17. The summed E-state index contributed by atoms with van der Waals surface area (Å²) in [4.78, 5) is 6.48. The van der Waals surface area contributed by atoms with Gasteiger partial charge in [0.1, 0.15) is 5.75 Å². The normalized spacial score (nSPS) is 10.2. The molecule has 3 aromatic rings. The summed E-state index contributed by atoms with van der Waals surface area (Å²) < 4.78 is 5.34. The minimum Gasteiger partial charge on any atom is -0.495 e. The van der Waals surface area contributed by atoms with E-state index >= 15 is 0 Å². The summed E-state index contributed by atoms with van der Waals surface area (Å²) in [6.45, 7) is 0.709. The Kier molecular flexibility index (Phi) is 4.86. The number of anilines is 3. The maximum atomic E-state index is 5.34. The predicted octanol–water partition coefficient (Wildman–Crippen LogP) is 3.26. The summed E-state index contributed by atoms with van der Waals surface area (Å²) in [5.41, 5.74) is 2.02. The van der Waals surface area contributed by atoms with Crippen LogP contribution in [-0.2, 0) is 6.54 Å². The van der Waals surface area contributed by atoms with Gasteiger partial charge in [-0.3, -0.25) is 0 Å². The van der Waals surface area contributed by atoms with Gasteiger partial charge in [-0.25, -0.2) is 0 Å². The molecule has 0 saturated heterocycles. The Balaban J connectivity index is 1.76. The standard InChI is InChI=1S/C18H19N5O/c1-23(13-14-8-4-3-5-9-14)18-21-17(12-19-22-18)20-15-10-6-7-11-16(15)24-2/h3-12H,13H2,1-2H3,(H,20,21,22). The van der Waals surface area contributed by atoms with Crippen LogP contribution in [0.5, 0.6) is 5.75 Å². The van der Waals surface area contributed by atoms with Crippen molar-refractivity contribution in [2.24, 2.45) is 0 Å². The van der Waals surface area contributed by atoms with E-state index in [0.29, 0.717) is 18.3 Å². The van der Waals surface area contributed by atoms with Crippen molar-refractivity contribution in [3.8, 4) is 5.75 Å². The zero-order valence-corrected chi connectivity index (χ0v) is 13.7. The third-order valence-corrected chi connectivity index (χ3v) is 3.52. The van der Waals surface area contributed by atoms with Gasteiger partial charge in [0.05, 0.1) is 19.0 Å². The summed E-state index contributed by atoms with van der Waals surface area (Å²) in [5, 5.41) is 11.4. The highest BCUT2D eigenvalue weighted by Crippen LogP contribution is 2.26. The van der Waals surface area contributed by atoms with Crippen LogP contribution in [0.4, 0.5) is 17.5 Å². The number of rotatable bonds is 6. The van der Waals surface area contributed by atoms with Crippen LogP contribution in [0, 0.1) is 0 Å². The van der Waals surface area contributed by atoms with Crippen molar-refractivity contribution >= 4 is 17.5 Å². The third kappa shape index (κ3) is 3.78. The molecule has 24 heavy (non-hydrogen) atoms. The molecule has 0 atom stereocenters. The molecule has 6 heteroatoms. The lowest BCUT2D eigenvalue weighted by atomic mass is 10.2. The average molecular weight is 321 g/mol. The lowest BCUT2D eigenvalue weighted by Crippen LogP contribution is -2.20. The van der Waals surface area contributed by atoms with Gasteiger partial charge >= 0.3 is 0 Å². The molecule has 0 amide bonds. The van der Waals surface area contributed by atoms with Crippen molar-refractivity contribution in [2.45, 2.75) is 6.54 Å². The lowest BCUT2D eigenvalue weighted by molar-refractivity contribution is 0.417. The molecular formula is C18H19N5O. The monoisotopic (exact) mass is 321 g/mol. The molecule has 0 aliphatic rings. The van der Waals surface area contributed by atoms with Crippen molar-refractivity contribution in [1.29, 1.82) is 0 Å². The van der Waals surface area contributed by atoms with E-state index in [2.05, 4.69) is 32.6 Å². The molecule has 0 aliphatic carbocycles. The number of hydrogen-bond donors (Lipinski definition) is 1. The van der Waals surface area contributed by atoms with E-state index in [4.69, 9.17) is 4.74 Å². The molecule has 0 fully saturated rings. The summed E-state index contributed by atoms with van der Waals surface area (Å²) in [5.74, 6) is 1.92. The van der Waals surface area contributed by atoms with Gasteiger partial charge in [0.15, 0.2) is 5.82 Å². The van der Waals surface area contributed by atoms with E-state index < -0.39 is 0 Å². The van der Waals surface area contributed by atoms with Crippen LogP contribution < -0.4 is 15.0 Å². The number of nitrogens with one attached hydrogen (secondary N) is 1. The quantitative estimate of drug-likeness (QED) is 0.752. The molecular weight excluding hydrogens is 302 g/mol. The molecule has 0 unspecified atom stereocenters. The molecule has 1 aromatic heterocycles. The molecule has 0 saturated carbocycles. The van der Waals surface area contributed by atoms with Crippen LogP contribution >= 0.6 is 0 Å². The van der Waals surface area contributed by atoms with E-state index in [-0.39, 0.29) is 0 Å². The van der Waals surface area contributed by atoms with E-state index in [1.807, 2.05) is 54.4 Å². The fraction of sp³-hybridized carbons (Fsp3) is 0.167. The first-order valence-corrected chi connectivity index (χ1v) is 7.61. The summed E-state index contributed by atoms with van der Waals surface area (Å²) in [7, 11) is 3.58. The Morgan fingerprint density at radius 2 is 1.79 bits per heavy atom. The molecule has 2 aromatic carbocycles. The molecule has 1 heterocycles. The molecule has 3 rings (SSSR count). The maximum Gasteiger partial charge on any atom is 0.247 e. The van der Waals surface area contributed by atoms with Crippen LogP contribution in [0.15, 0.2) is 60.8 Å². The van der Waals surface area contributed by atoms with Gasteiger partial charge in [0, 0.05) is 13.6 Å². The highest BCUT2D eigenvalue weighted by Gasteiger charge is 2.09. The van der Waals surface area contributed by atoms with Crippen LogP contribution in [0.3, 0.4) is 0 Å². The van der Waals surface area contributed by atoms with Gasteiger partial charge in [-0.15, -0.1) is 5.10 Å². The largest absolute Gasteiger partial charge is 0.495 e. The number of hydrogen-bond acceptors (Lipinski definition) is 6. The van der Waals surface area contributed by atoms with Gasteiger partial charge in [-0.2, -0.15) is 10.1 Å². The Hall–Kier alpha value is -3.15. The topological polar surface area (TPSA) is 63.2 Å². The van der Waals surface area contributed by atoms with Gasteiger partial charge in [0.2, 0.25) is 5.95 Å². The van der Waals surface area contributed by atoms with Crippen LogP contribution in [0.2, 0.25) is 0 Å². The third-order valence-electron chi connectivity index (χ3n) is 3.52. The molecule has 1 N–H and O–H groups in total. The van der Waals surface area contributed by atoms with Crippen molar-refractivity contribution in [1.82, 2.24) is 15.2 Å². The molecule has 0 aliphatic heterocycles. The minimum atomic E-state index is 0.554. The molecule has 0 spiro atoms. The summed E-state index contributed by atoms with van der Waals surface area (Å²) in [6, 6.07) is 17.8. The smallest absolute Gasteiger partial charge is 0.247 e. The number of benzene rings is 2. The summed E-state index contributed by atoms with van der Waals surface area (Å²) in [6.07, 6.45) is 1.59. The Morgan fingerprint density at radius 1 is 1.04 bits per heavy atom. The highest BCUT2D eigenvalue weighted by atomic mass is 16.5. The van der Waals surface area contributed by atoms with Gasteiger partial charge in [0.25, 0.3) is 0 Å². The van der Waals surface area contributed by atoms with Crippen molar-refractivity contribution < 1.29 is 4.74 Å². The molecule has 0 bridgehead atoms. The van der Waals surface area contributed by atoms with E-state index in [1.165, 1.54) is 5.56 Å². The van der Waals surface area contributed by atoms with Crippen LogP contribution in [0.1, 0.15) is 5.56 Å². The van der Waals surface area contributed by atoms with Crippen LogP contribution in [0.25, 0.3) is 0 Å². The first kappa shape index (κ1) is 15.7. The maximum absolute atomic E-state index is 5.34. The molecule has 6 nitrogen and oxygen atoms in total. The van der Waals surface area contributed by atoms with Gasteiger partial charge in [-0.05, 0) is 17.7 Å². The average Bonchev–Trinajstić information content (AvgIpc) is 2.63. The number of para-hydroxylation sites is 2. The van der Waals surface area contributed by atoms with Crippen molar-refractivity contribution in [2.75, 3.05) is 24.4 Å². The fourth-order valence-electron chi connectivity index (χ4n) is 2.33. The Morgan fingerprint density at radius 3 is 2.58 bits per heavy atom. The second-order valence-corrected chi connectivity index (χ2v) is 5.31.